The molecule has 5 nitrogen and oxygen atoms in total. The number of carbonyl (C=O) groups is 1. The molecule has 0 atom stereocenters. The first-order chi connectivity index (χ1) is 8.54. The Balaban J connectivity index is 2.07. The van der Waals surface area contributed by atoms with Gasteiger partial charge in [0.2, 0.25) is 5.91 Å². The van der Waals surface area contributed by atoms with Crippen molar-refractivity contribution < 1.29 is 4.79 Å². The summed E-state index contributed by atoms with van der Waals surface area (Å²) in [6.45, 7) is 7.03. The molecule has 0 spiro atoms. The van der Waals surface area contributed by atoms with Crippen molar-refractivity contribution in [1.29, 1.82) is 0 Å². The lowest BCUT2D eigenvalue weighted by atomic mass is 10.3. The molecule has 5 heteroatoms. The molecule has 0 aliphatic heterocycles. The van der Waals surface area contributed by atoms with E-state index >= 15 is 0 Å². The molecule has 18 heavy (non-hydrogen) atoms. The Bertz CT molecular complexity index is 448. The zero-order chi connectivity index (χ0) is 13.3. The molecule has 2 rings (SSSR count). The van der Waals surface area contributed by atoms with Gasteiger partial charge in [0.25, 0.3) is 0 Å². The van der Waals surface area contributed by atoms with Gasteiger partial charge in [0.15, 0.2) is 0 Å². The number of amides is 1. The largest absolute Gasteiger partial charge is 0.396 e. The molecule has 2 N–H and O–H groups in total. The molecular formula is C13H22N4O. The van der Waals surface area contributed by atoms with Crippen LogP contribution in [-0.4, -0.2) is 33.2 Å². The third kappa shape index (κ3) is 2.49. The molecule has 0 unspecified atom stereocenters. The summed E-state index contributed by atoms with van der Waals surface area (Å²) >= 11 is 0. The van der Waals surface area contributed by atoms with E-state index in [-0.39, 0.29) is 5.91 Å². The lowest BCUT2D eigenvalue weighted by molar-refractivity contribution is -0.132. The lowest BCUT2D eigenvalue weighted by Gasteiger charge is -2.22. The fourth-order valence-corrected chi connectivity index (χ4v) is 2.22. The monoisotopic (exact) mass is 250 g/mol. The van der Waals surface area contributed by atoms with Crippen LogP contribution in [0.5, 0.6) is 0 Å². The molecule has 1 heterocycles. The maximum atomic E-state index is 12.3. The Hall–Kier alpha value is -1.52. The first-order valence-corrected chi connectivity index (χ1v) is 6.63. The highest BCUT2D eigenvalue weighted by Gasteiger charge is 2.32. The van der Waals surface area contributed by atoms with Crippen LogP contribution in [0.25, 0.3) is 0 Å². The standard InChI is InChI=1S/C13H22N4O/c1-4-7-16(11-5-6-11)12(18)8-17-10(3)13(14)9(2)15-17/h11H,4-8,14H2,1-3H3. The molecule has 1 aliphatic carbocycles. The number of nitrogens with zero attached hydrogens (tertiary/aromatic N) is 3. The number of rotatable bonds is 5. The van der Waals surface area contributed by atoms with Gasteiger partial charge in [-0.2, -0.15) is 5.10 Å². The second-order valence-corrected chi connectivity index (χ2v) is 5.06. The van der Waals surface area contributed by atoms with Crippen molar-refractivity contribution in [3.63, 3.8) is 0 Å². The summed E-state index contributed by atoms with van der Waals surface area (Å²) < 4.78 is 1.72. The van der Waals surface area contributed by atoms with Crippen LogP contribution in [0.1, 0.15) is 37.6 Å². The van der Waals surface area contributed by atoms with Crippen molar-refractivity contribution >= 4 is 11.6 Å². The van der Waals surface area contributed by atoms with E-state index in [1.54, 1.807) is 4.68 Å². The second-order valence-electron chi connectivity index (χ2n) is 5.06. The van der Waals surface area contributed by atoms with E-state index in [4.69, 9.17) is 5.73 Å². The summed E-state index contributed by atoms with van der Waals surface area (Å²) in [5.41, 5.74) is 8.25. The van der Waals surface area contributed by atoms with Crippen LogP contribution in [0.2, 0.25) is 0 Å². The minimum atomic E-state index is 0.157. The maximum absolute atomic E-state index is 12.3. The summed E-state index contributed by atoms with van der Waals surface area (Å²) in [6, 6.07) is 0.465. The molecule has 0 aromatic carbocycles. The molecule has 1 saturated carbocycles. The summed E-state index contributed by atoms with van der Waals surface area (Å²) in [5.74, 6) is 0.157. The van der Waals surface area contributed by atoms with E-state index in [1.807, 2.05) is 18.7 Å². The maximum Gasteiger partial charge on any atom is 0.244 e. The van der Waals surface area contributed by atoms with Gasteiger partial charge in [-0.1, -0.05) is 6.92 Å². The molecule has 1 fully saturated rings. The predicted molar refractivity (Wildman–Crippen MR) is 71.1 cm³/mol. The number of hydrogen-bond acceptors (Lipinski definition) is 3. The smallest absolute Gasteiger partial charge is 0.244 e. The van der Waals surface area contributed by atoms with Crippen LogP contribution in [0.15, 0.2) is 0 Å². The highest BCUT2D eigenvalue weighted by Crippen LogP contribution is 2.27. The number of anilines is 1. The van der Waals surface area contributed by atoms with E-state index in [9.17, 15) is 4.79 Å². The Morgan fingerprint density at radius 1 is 1.50 bits per heavy atom. The van der Waals surface area contributed by atoms with Crippen molar-refractivity contribution in [3.8, 4) is 0 Å². The van der Waals surface area contributed by atoms with Crippen molar-refractivity contribution in [1.82, 2.24) is 14.7 Å². The SMILES string of the molecule is CCCN(C(=O)Cn1nc(C)c(N)c1C)C1CC1. The van der Waals surface area contributed by atoms with Gasteiger partial charge in [-0.25, -0.2) is 0 Å². The molecule has 0 bridgehead atoms. The lowest BCUT2D eigenvalue weighted by Crippen LogP contribution is -2.36. The second kappa shape index (κ2) is 5.00. The fourth-order valence-electron chi connectivity index (χ4n) is 2.22. The molecule has 1 aromatic heterocycles. The zero-order valence-electron chi connectivity index (χ0n) is 11.4. The molecule has 1 aromatic rings. The van der Waals surface area contributed by atoms with Gasteiger partial charge in [-0.15, -0.1) is 0 Å². The van der Waals surface area contributed by atoms with Crippen molar-refractivity contribution in [3.05, 3.63) is 11.4 Å². The Labute approximate surface area is 108 Å². The van der Waals surface area contributed by atoms with Crippen molar-refractivity contribution in [2.75, 3.05) is 12.3 Å². The summed E-state index contributed by atoms with van der Waals surface area (Å²) in [6.07, 6.45) is 3.29. The van der Waals surface area contributed by atoms with Crippen molar-refractivity contribution in [2.24, 2.45) is 0 Å². The highest BCUT2D eigenvalue weighted by molar-refractivity contribution is 5.77. The Morgan fingerprint density at radius 2 is 2.17 bits per heavy atom. The van der Waals surface area contributed by atoms with Crippen LogP contribution in [0, 0.1) is 13.8 Å². The van der Waals surface area contributed by atoms with Gasteiger partial charge in [-0.05, 0) is 33.1 Å². The van der Waals surface area contributed by atoms with E-state index in [0.29, 0.717) is 18.3 Å². The Kier molecular flexibility index (Phi) is 3.59. The topological polar surface area (TPSA) is 64.2 Å². The highest BCUT2D eigenvalue weighted by atomic mass is 16.2. The van der Waals surface area contributed by atoms with E-state index in [2.05, 4.69) is 12.0 Å². The van der Waals surface area contributed by atoms with Gasteiger partial charge in [0, 0.05) is 12.6 Å². The Morgan fingerprint density at radius 3 is 2.61 bits per heavy atom. The molecule has 0 saturated heterocycles. The molecular weight excluding hydrogens is 228 g/mol. The number of carbonyl (C=O) groups excluding carboxylic acids is 1. The third-order valence-corrected chi connectivity index (χ3v) is 3.49. The van der Waals surface area contributed by atoms with Crippen molar-refractivity contribution in [2.45, 2.75) is 52.6 Å². The number of aryl methyl sites for hydroxylation is 1. The van der Waals surface area contributed by atoms with Crippen LogP contribution < -0.4 is 5.73 Å². The number of nitrogen functional groups attached to an aromatic ring is 1. The predicted octanol–water partition coefficient (Wildman–Crippen LogP) is 1.48. The van der Waals surface area contributed by atoms with E-state index in [0.717, 1.165) is 37.2 Å². The summed E-state index contributed by atoms with van der Waals surface area (Å²) in [5, 5.41) is 4.32. The van der Waals surface area contributed by atoms with E-state index < -0.39 is 0 Å². The minimum absolute atomic E-state index is 0.157. The molecule has 0 radical (unpaired) electrons. The number of nitrogens with two attached hydrogens (primary N) is 1. The third-order valence-electron chi connectivity index (χ3n) is 3.49. The van der Waals surface area contributed by atoms with E-state index in [1.165, 1.54) is 0 Å². The molecule has 100 valence electrons. The average Bonchev–Trinajstić information content (AvgIpc) is 3.13. The first-order valence-electron chi connectivity index (χ1n) is 6.63. The van der Waals surface area contributed by atoms with Gasteiger partial charge in [0.05, 0.1) is 17.1 Å². The van der Waals surface area contributed by atoms with Gasteiger partial charge in [-0.3, -0.25) is 9.48 Å². The first kappa shape index (κ1) is 12.9. The normalized spacial score (nSPS) is 14.8. The fraction of sp³-hybridized carbons (Fsp3) is 0.692. The molecule has 1 aliphatic rings. The zero-order valence-corrected chi connectivity index (χ0v) is 11.4. The number of aromatic nitrogens is 2. The summed E-state index contributed by atoms with van der Waals surface area (Å²) in [4.78, 5) is 14.3. The molecule has 1 amide bonds. The quantitative estimate of drug-likeness (QED) is 0.861. The van der Waals surface area contributed by atoms with Crippen LogP contribution in [0.3, 0.4) is 0 Å². The minimum Gasteiger partial charge on any atom is -0.396 e. The van der Waals surface area contributed by atoms with Crippen LogP contribution in [0.4, 0.5) is 5.69 Å². The average molecular weight is 250 g/mol. The van der Waals surface area contributed by atoms with Crippen LogP contribution in [-0.2, 0) is 11.3 Å². The van der Waals surface area contributed by atoms with Gasteiger partial charge >= 0.3 is 0 Å². The van der Waals surface area contributed by atoms with Gasteiger partial charge < -0.3 is 10.6 Å². The van der Waals surface area contributed by atoms with Crippen LogP contribution >= 0.6 is 0 Å². The van der Waals surface area contributed by atoms with Gasteiger partial charge in [0.1, 0.15) is 6.54 Å². The number of hydrogen-bond donors (Lipinski definition) is 1. The summed E-state index contributed by atoms with van der Waals surface area (Å²) in [7, 11) is 0.